The molecule has 0 spiro atoms. The van der Waals surface area contributed by atoms with Gasteiger partial charge in [0.1, 0.15) is 23.9 Å². The van der Waals surface area contributed by atoms with Crippen LogP contribution < -0.4 is 10.1 Å². The Morgan fingerprint density at radius 3 is 2.50 bits per heavy atom. The van der Waals surface area contributed by atoms with Crippen molar-refractivity contribution in [3.05, 3.63) is 126 Å². The number of pyridine rings is 1. The second-order valence-electron chi connectivity index (χ2n) is 11.8. The molecule has 3 heterocycles. The lowest BCUT2D eigenvalue weighted by atomic mass is 10.0. The smallest absolute Gasteiger partial charge is 0.127 e. The third kappa shape index (κ3) is 6.40. The Morgan fingerprint density at radius 1 is 0.761 bits per heavy atom. The molecule has 4 aromatic carbocycles. The normalized spacial score (nSPS) is 11.6. The van der Waals surface area contributed by atoms with E-state index in [0.29, 0.717) is 12.4 Å². The van der Waals surface area contributed by atoms with Crippen LogP contribution in [0.3, 0.4) is 0 Å². The molecular weight excluding hydrogens is 575 g/mol. The average molecular weight is 611 g/mol. The third-order valence-electron chi connectivity index (χ3n) is 8.10. The molecule has 0 amide bonds. The van der Waals surface area contributed by atoms with Gasteiger partial charge in [0.05, 0.1) is 11.2 Å². The number of hydrogen-bond acceptors (Lipinski definition) is 5. The van der Waals surface area contributed by atoms with Gasteiger partial charge in [-0.05, 0) is 84.4 Å². The summed E-state index contributed by atoms with van der Waals surface area (Å²) in [7, 11) is 3.96. The Balaban J connectivity index is 1.17. The Hall–Kier alpha value is -5.31. The zero-order chi connectivity index (χ0) is 31.5. The van der Waals surface area contributed by atoms with Crippen LogP contribution in [0.2, 0.25) is 0 Å². The van der Waals surface area contributed by atoms with Gasteiger partial charge in [0.25, 0.3) is 0 Å². The Bertz CT molecular complexity index is 2120. The summed E-state index contributed by atoms with van der Waals surface area (Å²) in [6, 6.07) is 31.8. The second-order valence-corrected chi connectivity index (χ2v) is 11.8. The summed E-state index contributed by atoms with van der Waals surface area (Å²) >= 11 is 0. The number of rotatable bonds is 11. The molecule has 46 heavy (non-hydrogen) atoms. The lowest BCUT2D eigenvalue weighted by Crippen LogP contribution is -2.19. The van der Waals surface area contributed by atoms with E-state index in [9.17, 15) is 4.39 Å². The van der Waals surface area contributed by atoms with Gasteiger partial charge in [-0.1, -0.05) is 48.5 Å². The van der Waals surface area contributed by atoms with Gasteiger partial charge in [0.15, 0.2) is 0 Å². The Labute approximate surface area is 267 Å². The zero-order valence-electron chi connectivity index (χ0n) is 25.8. The van der Waals surface area contributed by atoms with Crippen LogP contribution in [0.4, 0.5) is 4.39 Å². The number of nitrogens with one attached hydrogen (secondary N) is 3. The highest BCUT2D eigenvalue weighted by atomic mass is 19.1. The van der Waals surface area contributed by atoms with E-state index in [1.54, 1.807) is 6.07 Å². The summed E-state index contributed by atoms with van der Waals surface area (Å²) in [5.41, 5.74) is 9.73. The molecule has 7 rings (SSSR count). The van der Waals surface area contributed by atoms with Gasteiger partial charge in [-0.3, -0.25) is 10.1 Å². The number of ether oxygens (including phenoxy) is 1. The molecule has 7 aromatic rings. The summed E-state index contributed by atoms with van der Waals surface area (Å²) in [5.74, 6) is 0.183. The molecule has 0 aliphatic rings. The predicted molar refractivity (Wildman–Crippen MR) is 183 cm³/mol. The first-order valence-electron chi connectivity index (χ1n) is 15.4. The van der Waals surface area contributed by atoms with Crippen molar-refractivity contribution in [3.8, 4) is 39.4 Å². The number of hydrogen-bond donors (Lipinski definition) is 3. The molecule has 0 aliphatic carbocycles. The van der Waals surface area contributed by atoms with Crippen LogP contribution in [-0.2, 0) is 13.1 Å². The van der Waals surface area contributed by atoms with Crippen molar-refractivity contribution in [3.63, 3.8) is 0 Å². The molecule has 8 heteroatoms. The minimum Gasteiger partial charge on any atom is -0.492 e. The number of halogens is 1. The fourth-order valence-corrected chi connectivity index (χ4v) is 5.77. The minimum atomic E-state index is -0.332. The van der Waals surface area contributed by atoms with E-state index < -0.39 is 0 Å². The fourth-order valence-electron chi connectivity index (χ4n) is 5.77. The number of aromatic amines is 2. The van der Waals surface area contributed by atoms with Crippen molar-refractivity contribution in [2.45, 2.75) is 13.1 Å². The highest BCUT2D eigenvalue weighted by Crippen LogP contribution is 2.36. The summed E-state index contributed by atoms with van der Waals surface area (Å²) in [6.07, 6.45) is 3.80. The maximum Gasteiger partial charge on any atom is 0.127 e. The average Bonchev–Trinajstić information content (AvgIpc) is 3.69. The van der Waals surface area contributed by atoms with E-state index >= 15 is 0 Å². The topological polar surface area (TPSA) is 81.9 Å². The van der Waals surface area contributed by atoms with Gasteiger partial charge in [0.2, 0.25) is 0 Å². The molecule has 7 nitrogen and oxygen atoms in total. The van der Waals surface area contributed by atoms with Gasteiger partial charge in [-0.25, -0.2) is 4.39 Å². The van der Waals surface area contributed by atoms with Crippen LogP contribution in [0, 0.1) is 5.82 Å². The largest absolute Gasteiger partial charge is 0.492 e. The summed E-state index contributed by atoms with van der Waals surface area (Å²) in [6.45, 7) is 2.75. The standard InChI is InChI=1S/C38H35FN6O/c1-45(2)13-14-46-31-17-28(16-30(39)19-31)32-9-6-10-35-33(32)20-37(42-35)38-34-18-27(11-12-36(34)43-44-38)29-15-26(23-41-24-29)22-40-21-25-7-4-3-5-8-25/h3-12,15-20,23-24,40,42H,13-14,21-22H2,1-2H3,(H,43,44). The van der Waals surface area contributed by atoms with Gasteiger partial charge < -0.3 is 19.9 Å². The molecule has 0 bridgehead atoms. The molecule has 3 N–H and O–H groups in total. The first kappa shape index (κ1) is 29.4. The number of aromatic nitrogens is 4. The number of fused-ring (bicyclic) bond motifs is 2. The summed E-state index contributed by atoms with van der Waals surface area (Å²) in [5, 5.41) is 13.4. The minimum absolute atomic E-state index is 0.332. The lowest BCUT2D eigenvalue weighted by Gasteiger charge is -2.12. The lowest BCUT2D eigenvalue weighted by molar-refractivity contribution is 0.260. The van der Waals surface area contributed by atoms with Gasteiger partial charge in [-0.15, -0.1) is 0 Å². The quantitative estimate of drug-likeness (QED) is 0.139. The number of H-pyrrole nitrogens is 2. The van der Waals surface area contributed by atoms with E-state index in [1.807, 2.05) is 61.7 Å². The number of nitrogens with zero attached hydrogens (tertiary/aromatic N) is 3. The van der Waals surface area contributed by atoms with E-state index in [0.717, 1.165) is 80.6 Å². The first-order valence-corrected chi connectivity index (χ1v) is 15.4. The maximum atomic E-state index is 14.7. The van der Waals surface area contributed by atoms with E-state index in [1.165, 1.54) is 11.6 Å². The monoisotopic (exact) mass is 610 g/mol. The Kier molecular flexibility index (Phi) is 8.29. The molecule has 0 unspecified atom stereocenters. The second kappa shape index (κ2) is 13.0. The molecule has 0 atom stereocenters. The molecule has 0 aliphatic heterocycles. The van der Waals surface area contributed by atoms with Crippen LogP contribution in [-0.4, -0.2) is 52.3 Å². The van der Waals surface area contributed by atoms with Gasteiger partial charge in [0, 0.05) is 59.9 Å². The highest BCUT2D eigenvalue weighted by molar-refractivity contribution is 6.02. The van der Waals surface area contributed by atoms with E-state index in [2.05, 4.69) is 75.0 Å². The van der Waals surface area contributed by atoms with Crippen LogP contribution in [0.15, 0.2) is 109 Å². The number of benzene rings is 4. The van der Waals surface area contributed by atoms with Crippen LogP contribution in [0.25, 0.3) is 55.4 Å². The zero-order valence-corrected chi connectivity index (χ0v) is 25.8. The van der Waals surface area contributed by atoms with Crippen molar-refractivity contribution in [1.82, 2.24) is 30.4 Å². The maximum absolute atomic E-state index is 14.7. The predicted octanol–water partition coefficient (Wildman–Crippen LogP) is 7.81. The van der Waals surface area contributed by atoms with Crippen LogP contribution in [0.5, 0.6) is 5.75 Å². The van der Waals surface area contributed by atoms with Gasteiger partial charge in [-0.2, -0.15) is 5.10 Å². The van der Waals surface area contributed by atoms with Crippen molar-refractivity contribution >= 4 is 21.8 Å². The molecule has 3 aromatic heterocycles. The van der Waals surface area contributed by atoms with Crippen molar-refractivity contribution in [2.24, 2.45) is 0 Å². The van der Waals surface area contributed by atoms with E-state index in [-0.39, 0.29) is 5.82 Å². The molecule has 0 saturated heterocycles. The third-order valence-corrected chi connectivity index (χ3v) is 8.10. The van der Waals surface area contributed by atoms with Crippen LogP contribution >= 0.6 is 0 Å². The van der Waals surface area contributed by atoms with E-state index in [4.69, 9.17) is 9.84 Å². The first-order chi connectivity index (χ1) is 22.5. The summed E-state index contributed by atoms with van der Waals surface area (Å²) in [4.78, 5) is 10.1. The van der Waals surface area contributed by atoms with Crippen molar-refractivity contribution < 1.29 is 9.13 Å². The van der Waals surface area contributed by atoms with Crippen LogP contribution in [0.1, 0.15) is 11.1 Å². The molecule has 230 valence electrons. The molecular formula is C38H35FN6O. The van der Waals surface area contributed by atoms with Crippen molar-refractivity contribution in [1.29, 1.82) is 0 Å². The fraction of sp³-hybridized carbons (Fsp3) is 0.158. The van der Waals surface area contributed by atoms with Crippen molar-refractivity contribution in [2.75, 3.05) is 27.2 Å². The number of likely N-dealkylation sites (N-methyl/N-ethyl adjacent to an activating group) is 1. The Morgan fingerprint density at radius 2 is 1.63 bits per heavy atom. The highest BCUT2D eigenvalue weighted by Gasteiger charge is 2.15. The van der Waals surface area contributed by atoms with Gasteiger partial charge >= 0.3 is 0 Å². The molecule has 0 fully saturated rings. The molecule has 0 radical (unpaired) electrons. The SMILES string of the molecule is CN(C)CCOc1cc(F)cc(-c2cccc3[nH]c(-c4n[nH]c5ccc(-c6cncc(CNCc7ccccc7)c6)cc45)cc23)c1. The summed E-state index contributed by atoms with van der Waals surface area (Å²) < 4.78 is 20.6. The molecule has 0 saturated carbocycles.